The zero-order valence-corrected chi connectivity index (χ0v) is 16.8. The maximum Gasteiger partial charge on any atom is 0.407 e. The molecule has 0 bridgehead atoms. The lowest BCUT2D eigenvalue weighted by Crippen LogP contribution is -2.43. The summed E-state index contributed by atoms with van der Waals surface area (Å²) < 4.78 is 5.17. The summed E-state index contributed by atoms with van der Waals surface area (Å²) in [7, 11) is 0. The van der Waals surface area contributed by atoms with Crippen molar-refractivity contribution in [2.24, 2.45) is 0 Å². The average Bonchev–Trinajstić information content (AvgIpc) is 3.07. The Morgan fingerprint density at radius 3 is 2.62 bits per heavy atom. The molecule has 0 aromatic heterocycles. The third-order valence-corrected chi connectivity index (χ3v) is 5.11. The van der Waals surface area contributed by atoms with Crippen molar-refractivity contribution in [2.45, 2.75) is 39.3 Å². The van der Waals surface area contributed by atoms with Crippen molar-refractivity contribution in [1.29, 1.82) is 0 Å². The molecule has 1 unspecified atom stereocenters. The Bertz CT molecular complexity index is 895. The normalized spacial score (nSPS) is 16.0. The number of nitrogens with one attached hydrogen (secondary N) is 1. The van der Waals surface area contributed by atoms with Crippen molar-refractivity contribution < 1.29 is 19.1 Å². The molecule has 1 heterocycles. The highest BCUT2D eigenvalue weighted by Gasteiger charge is 2.36. The second-order valence-corrected chi connectivity index (χ2v) is 7.31. The molecule has 0 aliphatic carbocycles. The number of amides is 2. The summed E-state index contributed by atoms with van der Waals surface area (Å²) in [4.78, 5) is 38.7. The van der Waals surface area contributed by atoms with Crippen LogP contribution < -0.4 is 5.32 Å². The van der Waals surface area contributed by atoms with Crippen molar-refractivity contribution in [2.75, 3.05) is 13.1 Å². The standard InChI is InChI=1S/C23H26N2O4/c1-16-8-9-19(17(2)14-16)22(27)20-10-11-21(26)25(20)13-12-24-23(28)29-15-18-6-4-3-5-7-18/h3-9,14,20H,10-13,15H2,1-2H3,(H,24,28). The van der Waals surface area contributed by atoms with Crippen LogP contribution in [0.3, 0.4) is 0 Å². The van der Waals surface area contributed by atoms with Gasteiger partial charge in [0.05, 0.1) is 6.04 Å². The summed E-state index contributed by atoms with van der Waals surface area (Å²) in [6.45, 7) is 4.58. The van der Waals surface area contributed by atoms with Gasteiger partial charge in [0, 0.05) is 25.1 Å². The minimum absolute atomic E-state index is 0.0417. The number of hydrogen-bond donors (Lipinski definition) is 1. The van der Waals surface area contributed by atoms with E-state index in [1.54, 1.807) is 4.90 Å². The number of ether oxygens (including phenoxy) is 1. The lowest BCUT2D eigenvalue weighted by atomic mass is 9.96. The topological polar surface area (TPSA) is 75.7 Å². The highest BCUT2D eigenvalue weighted by Crippen LogP contribution is 2.24. The molecule has 0 spiro atoms. The number of carbonyl (C=O) groups excluding carboxylic acids is 3. The van der Waals surface area contributed by atoms with Crippen LogP contribution in [0.2, 0.25) is 0 Å². The molecule has 29 heavy (non-hydrogen) atoms. The van der Waals surface area contributed by atoms with Gasteiger partial charge in [-0.15, -0.1) is 0 Å². The summed E-state index contributed by atoms with van der Waals surface area (Å²) in [6, 6.07) is 14.6. The van der Waals surface area contributed by atoms with E-state index in [2.05, 4.69) is 5.32 Å². The van der Waals surface area contributed by atoms with Crippen LogP contribution in [-0.4, -0.2) is 41.8 Å². The first kappa shape index (κ1) is 20.6. The predicted octanol–water partition coefficient (Wildman–Crippen LogP) is 3.40. The van der Waals surface area contributed by atoms with E-state index in [1.807, 2.05) is 62.4 Å². The number of alkyl carbamates (subject to hydrolysis) is 1. The van der Waals surface area contributed by atoms with Gasteiger partial charge in [-0.3, -0.25) is 9.59 Å². The second kappa shape index (κ2) is 9.37. The minimum atomic E-state index is -0.544. The molecule has 1 N–H and O–H groups in total. The first-order valence-corrected chi connectivity index (χ1v) is 9.81. The number of likely N-dealkylation sites (tertiary alicyclic amines) is 1. The van der Waals surface area contributed by atoms with E-state index in [-0.39, 0.29) is 31.4 Å². The Morgan fingerprint density at radius 1 is 1.14 bits per heavy atom. The summed E-state index contributed by atoms with van der Waals surface area (Å²) in [5.74, 6) is -0.104. The van der Waals surface area contributed by atoms with E-state index in [1.165, 1.54) is 0 Å². The molecular formula is C23H26N2O4. The van der Waals surface area contributed by atoms with Gasteiger partial charge in [-0.05, 0) is 31.4 Å². The minimum Gasteiger partial charge on any atom is -0.445 e. The lowest BCUT2D eigenvalue weighted by molar-refractivity contribution is -0.128. The Kier molecular flexibility index (Phi) is 6.65. The number of benzene rings is 2. The molecule has 2 aromatic carbocycles. The van der Waals surface area contributed by atoms with Gasteiger partial charge in [0.25, 0.3) is 0 Å². The highest BCUT2D eigenvalue weighted by molar-refractivity contribution is 6.04. The first-order chi connectivity index (χ1) is 14.0. The molecule has 2 amide bonds. The molecule has 152 valence electrons. The predicted molar refractivity (Wildman–Crippen MR) is 110 cm³/mol. The monoisotopic (exact) mass is 394 g/mol. The van der Waals surface area contributed by atoms with Gasteiger partial charge in [-0.2, -0.15) is 0 Å². The van der Waals surface area contributed by atoms with Gasteiger partial charge >= 0.3 is 6.09 Å². The second-order valence-electron chi connectivity index (χ2n) is 7.31. The van der Waals surface area contributed by atoms with Crippen molar-refractivity contribution in [1.82, 2.24) is 10.2 Å². The van der Waals surface area contributed by atoms with Crippen LogP contribution in [0.5, 0.6) is 0 Å². The maximum atomic E-state index is 13.0. The highest BCUT2D eigenvalue weighted by atomic mass is 16.5. The SMILES string of the molecule is Cc1ccc(C(=O)C2CCC(=O)N2CCNC(=O)OCc2ccccc2)c(C)c1. The van der Waals surface area contributed by atoms with Crippen LogP contribution in [0.15, 0.2) is 48.5 Å². The Morgan fingerprint density at radius 2 is 1.90 bits per heavy atom. The maximum absolute atomic E-state index is 13.0. The number of hydrogen-bond acceptors (Lipinski definition) is 4. The van der Waals surface area contributed by atoms with E-state index in [0.717, 1.165) is 16.7 Å². The largest absolute Gasteiger partial charge is 0.445 e. The van der Waals surface area contributed by atoms with Crippen LogP contribution in [0.25, 0.3) is 0 Å². The number of rotatable bonds is 7. The zero-order valence-electron chi connectivity index (χ0n) is 16.8. The average molecular weight is 394 g/mol. The molecule has 2 aromatic rings. The van der Waals surface area contributed by atoms with Crippen molar-refractivity contribution in [3.05, 3.63) is 70.8 Å². The summed E-state index contributed by atoms with van der Waals surface area (Å²) in [5.41, 5.74) is 3.56. The lowest BCUT2D eigenvalue weighted by Gasteiger charge is -2.24. The summed E-state index contributed by atoms with van der Waals surface area (Å²) >= 11 is 0. The van der Waals surface area contributed by atoms with Crippen molar-refractivity contribution >= 4 is 17.8 Å². The number of nitrogens with zero attached hydrogens (tertiary/aromatic N) is 1. The van der Waals surface area contributed by atoms with Crippen LogP contribution in [0, 0.1) is 13.8 Å². The van der Waals surface area contributed by atoms with Crippen LogP contribution >= 0.6 is 0 Å². The molecule has 0 radical (unpaired) electrons. The molecule has 3 rings (SSSR count). The molecule has 6 nitrogen and oxygen atoms in total. The number of aryl methyl sites for hydroxylation is 2. The number of Topliss-reactive ketones (excluding diaryl/α,β-unsaturated/α-hetero) is 1. The fourth-order valence-corrected chi connectivity index (χ4v) is 3.61. The molecule has 6 heteroatoms. The van der Waals surface area contributed by atoms with Gasteiger partial charge in [-0.25, -0.2) is 4.79 Å². The molecule has 0 saturated carbocycles. The third-order valence-electron chi connectivity index (χ3n) is 5.11. The molecule has 1 saturated heterocycles. The van der Waals surface area contributed by atoms with Crippen LogP contribution in [-0.2, 0) is 16.1 Å². The van der Waals surface area contributed by atoms with Crippen LogP contribution in [0.4, 0.5) is 4.79 Å². The van der Waals surface area contributed by atoms with Gasteiger partial charge in [0.15, 0.2) is 5.78 Å². The van der Waals surface area contributed by atoms with Gasteiger partial charge in [0.2, 0.25) is 5.91 Å². The van der Waals surface area contributed by atoms with Gasteiger partial charge in [0.1, 0.15) is 6.61 Å². The molecule has 1 atom stereocenters. The fraction of sp³-hybridized carbons (Fsp3) is 0.348. The summed E-state index contributed by atoms with van der Waals surface area (Å²) in [6.07, 6.45) is 0.307. The van der Waals surface area contributed by atoms with E-state index in [0.29, 0.717) is 18.4 Å². The van der Waals surface area contributed by atoms with E-state index in [9.17, 15) is 14.4 Å². The summed E-state index contributed by atoms with van der Waals surface area (Å²) in [5, 5.41) is 2.65. The third kappa shape index (κ3) is 5.22. The Balaban J connectivity index is 1.52. The van der Waals surface area contributed by atoms with Crippen molar-refractivity contribution in [3.63, 3.8) is 0 Å². The zero-order chi connectivity index (χ0) is 20.8. The smallest absolute Gasteiger partial charge is 0.407 e. The fourth-order valence-electron chi connectivity index (χ4n) is 3.61. The Hall–Kier alpha value is -3.15. The van der Waals surface area contributed by atoms with Crippen molar-refractivity contribution in [3.8, 4) is 0 Å². The van der Waals surface area contributed by atoms with E-state index < -0.39 is 12.1 Å². The quantitative estimate of drug-likeness (QED) is 0.731. The van der Waals surface area contributed by atoms with E-state index >= 15 is 0 Å². The molecule has 1 aliphatic heterocycles. The van der Waals surface area contributed by atoms with Crippen LogP contribution in [0.1, 0.15) is 39.9 Å². The molecular weight excluding hydrogens is 368 g/mol. The first-order valence-electron chi connectivity index (χ1n) is 9.81. The Labute approximate surface area is 170 Å². The van der Waals surface area contributed by atoms with E-state index in [4.69, 9.17) is 4.74 Å². The molecule has 1 aliphatic rings. The van der Waals surface area contributed by atoms with Gasteiger partial charge < -0.3 is 15.0 Å². The van der Waals surface area contributed by atoms with Gasteiger partial charge in [-0.1, -0.05) is 54.1 Å². The number of carbonyl (C=O) groups is 3. The number of ketones is 1. The molecule has 1 fully saturated rings.